The third-order valence-corrected chi connectivity index (χ3v) is 2.07. The summed E-state index contributed by atoms with van der Waals surface area (Å²) < 4.78 is 1.79. The highest BCUT2D eigenvalue weighted by molar-refractivity contribution is 6.06. The minimum Gasteiger partial charge on any atom is -0.348 e. The molecule has 2 aromatic rings. The third-order valence-electron chi connectivity index (χ3n) is 2.07. The summed E-state index contributed by atoms with van der Waals surface area (Å²) in [6.45, 7) is 0. The van der Waals surface area contributed by atoms with Crippen LogP contribution < -0.4 is 0 Å². The van der Waals surface area contributed by atoms with E-state index in [1.54, 1.807) is 29.0 Å². The highest BCUT2D eigenvalue weighted by Crippen LogP contribution is 2.06. The zero-order chi connectivity index (χ0) is 9.97. The van der Waals surface area contributed by atoms with Gasteiger partial charge in [-0.05, 0) is 24.3 Å². The van der Waals surface area contributed by atoms with Crippen molar-refractivity contribution in [3.05, 3.63) is 54.1 Å². The molecule has 0 saturated heterocycles. The fraction of sp³-hybridized carbons (Fsp3) is 0.0909. The van der Waals surface area contributed by atoms with Crippen LogP contribution in [0.3, 0.4) is 0 Å². The van der Waals surface area contributed by atoms with E-state index < -0.39 is 0 Å². The SMILES string of the molecule is Cn1cccc1C(=O)c1ccccn1. The lowest BCUT2D eigenvalue weighted by Gasteiger charge is -2.00. The molecule has 0 fully saturated rings. The van der Waals surface area contributed by atoms with Gasteiger partial charge in [-0.2, -0.15) is 0 Å². The Balaban J connectivity index is 2.39. The van der Waals surface area contributed by atoms with E-state index in [0.717, 1.165) is 0 Å². The summed E-state index contributed by atoms with van der Waals surface area (Å²) in [6, 6.07) is 8.95. The molecule has 0 bridgehead atoms. The molecule has 3 nitrogen and oxygen atoms in total. The summed E-state index contributed by atoms with van der Waals surface area (Å²) in [5, 5.41) is 0. The quantitative estimate of drug-likeness (QED) is 0.668. The van der Waals surface area contributed by atoms with Crippen LogP contribution in [0.25, 0.3) is 0 Å². The zero-order valence-electron chi connectivity index (χ0n) is 7.84. The van der Waals surface area contributed by atoms with Crippen LogP contribution in [0.5, 0.6) is 0 Å². The summed E-state index contributed by atoms with van der Waals surface area (Å²) >= 11 is 0. The van der Waals surface area contributed by atoms with E-state index in [2.05, 4.69) is 4.98 Å². The van der Waals surface area contributed by atoms with Gasteiger partial charge in [-0.1, -0.05) is 6.07 Å². The van der Waals surface area contributed by atoms with E-state index in [9.17, 15) is 4.79 Å². The van der Waals surface area contributed by atoms with E-state index in [0.29, 0.717) is 11.4 Å². The third kappa shape index (κ3) is 1.44. The lowest BCUT2D eigenvalue weighted by Crippen LogP contribution is -2.08. The second-order valence-electron chi connectivity index (χ2n) is 3.05. The predicted octanol–water partition coefficient (Wildman–Crippen LogP) is 1.65. The maximum atomic E-state index is 11.8. The molecule has 3 heteroatoms. The lowest BCUT2D eigenvalue weighted by atomic mass is 10.2. The average Bonchev–Trinajstić information content (AvgIpc) is 2.65. The maximum Gasteiger partial charge on any atom is 0.227 e. The number of hydrogen-bond donors (Lipinski definition) is 0. The molecule has 0 spiro atoms. The zero-order valence-corrected chi connectivity index (χ0v) is 7.84. The van der Waals surface area contributed by atoms with E-state index in [1.165, 1.54) is 0 Å². The number of pyridine rings is 1. The fourth-order valence-electron chi connectivity index (χ4n) is 1.33. The van der Waals surface area contributed by atoms with Crippen molar-refractivity contribution in [1.82, 2.24) is 9.55 Å². The van der Waals surface area contributed by atoms with E-state index in [-0.39, 0.29) is 5.78 Å². The average molecular weight is 186 g/mol. The summed E-state index contributed by atoms with van der Waals surface area (Å²) in [5.74, 6) is -0.0434. The first-order valence-electron chi connectivity index (χ1n) is 4.36. The van der Waals surface area contributed by atoms with Gasteiger partial charge < -0.3 is 4.57 Å². The highest BCUT2D eigenvalue weighted by atomic mass is 16.1. The monoisotopic (exact) mass is 186 g/mol. The summed E-state index contributed by atoms with van der Waals surface area (Å²) in [7, 11) is 1.84. The van der Waals surface area contributed by atoms with Crippen LogP contribution in [0, 0.1) is 0 Å². The first kappa shape index (κ1) is 8.69. The van der Waals surface area contributed by atoms with Crippen LogP contribution in [0.1, 0.15) is 16.2 Å². The fourth-order valence-corrected chi connectivity index (χ4v) is 1.33. The Hall–Kier alpha value is -1.90. The molecule has 0 saturated carbocycles. The molecule has 0 aliphatic heterocycles. The first-order chi connectivity index (χ1) is 6.79. The van der Waals surface area contributed by atoms with Gasteiger partial charge in [-0.15, -0.1) is 0 Å². The molecule has 2 rings (SSSR count). The molecular formula is C11H10N2O. The molecule has 0 atom stereocenters. The summed E-state index contributed by atoms with van der Waals surface area (Å²) in [5.41, 5.74) is 1.14. The molecule has 0 unspecified atom stereocenters. The van der Waals surface area contributed by atoms with Crippen LogP contribution in [-0.2, 0) is 7.05 Å². The van der Waals surface area contributed by atoms with Gasteiger partial charge in [0.2, 0.25) is 5.78 Å². The van der Waals surface area contributed by atoms with Gasteiger partial charge in [0.1, 0.15) is 5.69 Å². The minimum absolute atomic E-state index is 0.0434. The Bertz CT molecular complexity index is 445. The van der Waals surface area contributed by atoms with Crippen molar-refractivity contribution < 1.29 is 4.79 Å². The van der Waals surface area contributed by atoms with Gasteiger partial charge in [0.15, 0.2) is 0 Å². The molecule has 2 heterocycles. The summed E-state index contributed by atoms with van der Waals surface area (Å²) in [6.07, 6.45) is 3.46. The van der Waals surface area contributed by atoms with E-state index >= 15 is 0 Å². The molecule has 14 heavy (non-hydrogen) atoms. The Morgan fingerprint density at radius 3 is 2.71 bits per heavy atom. The second kappa shape index (κ2) is 3.46. The number of hydrogen-bond acceptors (Lipinski definition) is 2. The summed E-state index contributed by atoms with van der Waals surface area (Å²) in [4.78, 5) is 15.9. The molecule has 0 amide bonds. The van der Waals surface area contributed by atoms with Gasteiger partial charge >= 0.3 is 0 Å². The molecule has 0 N–H and O–H groups in total. The Morgan fingerprint density at radius 2 is 2.14 bits per heavy atom. The van der Waals surface area contributed by atoms with E-state index in [4.69, 9.17) is 0 Å². The van der Waals surface area contributed by atoms with Crippen molar-refractivity contribution in [2.24, 2.45) is 7.05 Å². The minimum atomic E-state index is -0.0434. The van der Waals surface area contributed by atoms with Crippen LogP contribution in [0.2, 0.25) is 0 Å². The van der Waals surface area contributed by atoms with Crippen molar-refractivity contribution in [2.45, 2.75) is 0 Å². The van der Waals surface area contributed by atoms with Crippen molar-refractivity contribution in [1.29, 1.82) is 0 Å². The largest absolute Gasteiger partial charge is 0.348 e. The van der Waals surface area contributed by atoms with Gasteiger partial charge in [-0.25, -0.2) is 0 Å². The Kier molecular flexibility index (Phi) is 2.14. The van der Waals surface area contributed by atoms with Gasteiger partial charge in [0, 0.05) is 19.4 Å². The number of carbonyl (C=O) groups is 1. The maximum absolute atomic E-state index is 11.8. The standard InChI is InChI=1S/C11H10N2O/c1-13-8-4-6-10(13)11(14)9-5-2-3-7-12-9/h2-8H,1H3. The molecular weight excluding hydrogens is 176 g/mol. The molecule has 2 aromatic heterocycles. The number of aryl methyl sites for hydroxylation is 1. The second-order valence-corrected chi connectivity index (χ2v) is 3.05. The predicted molar refractivity (Wildman–Crippen MR) is 53.1 cm³/mol. The lowest BCUT2D eigenvalue weighted by molar-refractivity contribution is 0.102. The molecule has 0 aliphatic rings. The molecule has 0 aromatic carbocycles. The topological polar surface area (TPSA) is 34.9 Å². The molecule has 70 valence electrons. The number of nitrogens with zero attached hydrogens (tertiary/aromatic N) is 2. The highest BCUT2D eigenvalue weighted by Gasteiger charge is 2.11. The van der Waals surface area contributed by atoms with E-state index in [1.807, 2.05) is 25.4 Å². The van der Waals surface area contributed by atoms with Crippen LogP contribution in [0.4, 0.5) is 0 Å². The van der Waals surface area contributed by atoms with Gasteiger partial charge in [0.25, 0.3) is 0 Å². The van der Waals surface area contributed by atoms with Crippen molar-refractivity contribution >= 4 is 5.78 Å². The normalized spacial score (nSPS) is 10.1. The van der Waals surface area contributed by atoms with Gasteiger partial charge in [0.05, 0.1) is 5.69 Å². The van der Waals surface area contributed by atoms with Crippen LogP contribution >= 0.6 is 0 Å². The molecule has 0 aliphatic carbocycles. The Labute approximate surface area is 82.0 Å². The number of carbonyl (C=O) groups excluding carboxylic acids is 1. The Morgan fingerprint density at radius 1 is 1.29 bits per heavy atom. The number of ketones is 1. The molecule has 0 radical (unpaired) electrons. The first-order valence-corrected chi connectivity index (χ1v) is 4.36. The smallest absolute Gasteiger partial charge is 0.227 e. The number of rotatable bonds is 2. The van der Waals surface area contributed by atoms with Crippen molar-refractivity contribution in [2.75, 3.05) is 0 Å². The van der Waals surface area contributed by atoms with Crippen LogP contribution in [-0.4, -0.2) is 15.3 Å². The van der Waals surface area contributed by atoms with Crippen LogP contribution in [0.15, 0.2) is 42.7 Å². The number of aromatic nitrogens is 2. The van der Waals surface area contributed by atoms with Crippen molar-refractivity contribution in [3.8, 4) is 0 Å². The van der Waals surface area contributed by atoms with Gasteiger partial charge in [-0.3, -0.25) is 9.78 Å². The van der Waals surface area contributed by atoms with Crippen molar-refractivity contribution in [3.63, 3.8) is 0 Å².